The molecule has 0 saturated carbocycles. The van der Waals surface area contributed by atoms with Gasteiger partial charge in [-0.3, -0.25) is 14.4 Å². The topological polar surface area (TPSA) is 117 Å². The average Bonchev–Trinajstić information content (AvgIpc) is 3.50. The van der Waals surface area contributed by atoms with Crippen molar-refractivity contribution in [2.45, 2.75) is 44.2 Å². The minimum atomic E-state index is -4.16. The highest BCUT2D eigenvalue weighted by Gasteiger charge is 2.30. The van der Waals surface area contributed by atoms with Crippen molar-refractivity contribution in [1.82, 2.24) is 10.2 Å². The summed E-state index contributed by atoms with van der Waals surface area (Å²) in [4.78, 5) is 31.1. The molecular weight excluding hydrogens is 661 g/mol. The lowest BCUT2D eigenvalue weighted by atomic mass is 10.1. The number of methoxy groups -OCH3 is 1. The molecule has 1 aromatic heterocycles. The molecule has 3 aromatic carbocycles. The molecular formula is C37H42N4O6S2. The predicted molar refractivity (Wildman–Crippen MR) is 193 cm³/mol. The monoisotopic (exact) mass is 702 g/mol. The Kier molecular flexibility index (Phi) is 11.0. The van der Waals surface area contributed by atoms with Crippen LogP contribution in [0.15, 0.2) is 77.7 Å². The Morgan fingerprint density at radius 3 is 2.16 bits per heavy atom. The Morgan fingerprint density at radius 2 is 1.51 bits per heavy atom. The number of hydrogen-bond acceptors (Lipinski definition) is 9. The maximum atomic E-state index is 14.0. The number of anilines is 2. The van der Waals surface area contributed by atoms with E-state index in [1.165, 1.54) is 56.2 Å². The van der Waals surface area contributed by atoms with E-state index in [9.17, 15) is 18.0 Å². The second-order valence-corrected chi connectivity index (χ2v) is 15.0. The molecule has 12 heteroatoms. The fourth-order valence-electron chi connectivity index (χ4n) is 6.27. The first-order chi connectivity index (χ1) is 23.7. The number of ether oxygens (including phenoxy) is 2. The van der Waals surface area contributed by atoms with Crippen LogP contribution in [0.2, 0.25) is 0 Å². The van der Waals surface area contributed by atoms with Crippen molar-refractivity contribution in [3.8, 4) is 10.4 Å². The quantitative estimate of drug-likeness (QED) is 0.181. The normalized spacial score (nSPS) is 15.5. The summed E-state index contributed by atoms with van der Waals surface area (Å²) in [7, 11) is -2.87. The summed E-state index contributed by atoms with van der Waals surface area (Å²) in [5.74, 6) is -0.857. The number of nitrogens with one attached hydrogen (secondary N) is 2. The standard InChI is InChI=1S/C37H42N4O6S2/c1-26-33(36(42)38-24-27-6-8-28(9-7-27)25-40-18-4-3-5-19-40)48-34(29-12-16-32(17-13-29)41-20-22-47-23-21-41)35(26)49(44,45)39-31-14-10-30(11-15-31)37(43)46-2/h6-17,39H,3-5,18-25H2,1-2H3,(H,38,42). The van der Waals surface area contributed by atoms with E-state index in [2.05, 4.69) is 32.0 Å². The van der Waals surface area contributed by atoms with E-state index in [-0.39, 0.29) is 16.5 Å². The smallest absolute Gasteiger partial charge is 0.337 e. The second-order valence-electron chi connectivity index (χ2n) is 12.4. The van der Waals surface area contributed by atoms with Crippen LogP contribution in [-0.4, -0.2) is 71.7 Å². The number of carbonyl (C=O) groups is 2. The van der Waals surface area contributed by atoms with Crippen molar-refractivity contribution in [3.05, 3.63) is 99.9 Å². The highest BCUT2D eigenvalue weighted by Crippen LogP contribution is 2.41. The first-order valence-corrected chi connectivity index (χ1v) is 18.9. The van der Waals surface area contributed by atoms with Crippen LogP contribution in [0.25, 0.3) is 10.4 Å². The SMILES string of the molecule is COC(=O)c1ccc(NS(=O)(=O)c2c(-c3ccc(N4CCOCC4)cc3)sc(C(=O)NCc3ccc(CN4CCCCC4)cc3)c2C)cc1. The Bertz CT molecular complexity index is 1860. The highest BCUT2D eigenvalue weighted by atomic mass is 32.2. The van der Waals surface area contributed by atoms with Crippen molar-refractivity contribution in [2.75, 3.05) is 56.1 Å². The first-order valence-electron chi connectivity index (χ1n) is 16.6. The summed E-state index contributed by atoms with van der Waals surface area (Å²) in [5, 5.41) is 3.01. The molecule has 49 heavy (non-hydrogen) atoms. The molecule has 0 aliphatic carbocycles. The molecule has 10 nitrogen and oxygen atoms in total. The summed E-state index contributed by atoms with van der Waals surface area (Å²) < 4.78 is 41.0. The van der Waals surface area contributed by atoms with Gasteiger partial charge in [-0.25, -0.2) is 13.2 Å². The minimum Gasteiger partial charge on any atom is -0.465 e. The highest BCUT2D eigenvalue weighted by molar-refractivity contribution is 7.93. The molecule has 0 spiro atoms. The number of nitrogens with zero attached hydrogens (tertiary/aromatic N) is 2. The fourth-order valence-corrected chi connectivity index (χ4v) is 9.33. The van der Waals surface area contributed by atoms with Gasteiger partial charge in [-0.05, 0) is 91.5 Å². The van der Waals surface area contributed by atoms with E-state index >= 15 is 0 Å². The van der Waals surface area contributed by atoms with Crippen LogP contribution in [-0.2, 0) is 32.6 Å². The van der Waals surface area contributed by atoms with Crippen LogP contribution in [0.4, 0.5) is 11.4 Å². The largest absolute Gasteiger partial charge is 0.465 e. The van der Waals surface area contributed by atoms with Gasteiger partial charge in [-0.1, -0.05) is 42.8 Å². The van der Waals surface area contributed by atoms with Gasteiger partial charge in [0.05, 0.1) is 35.6 Å². The van der Waals surface area contributed by atoms with Gasteiger partial charge in [0, 0.05) is 37.6 Å². The number of piperidine rings is 1. The molecule has 4 aromatic rings. The summed E-state index contributed by atoms with van der Waals surface area (Å²) >= 11 is 1.16. The Balaban J connectivity index is 1.24. The zero-order valence-corrected chi connectivity index (χ0v) is 29.5. The van der Waals surface area contributed by atoms with Crippen LogP contribution < -0.4 is 14.9 Å². The molecule has 258 valence electrons. The molecule has 2 aliphatic rings. The van der Waals surface area contributed by atoms with Gasteiger partial charge in [-0.15, -0.1) is 11.3 Å². The van der Waals surface area contributed by atoms with Crippen LogP contribution in [0.3, 0.4) is 0 Å². The second kappa shape index (κ2) is 15.5. The number of sulfonamides is 1. The van der Waals surface area contributed by atoms with E-state index in [1.54, 1.807) is 6.92 Å². The molecule has 6 rings (SSSR count). The Hall–Kier alpha value is -4.23. The zero-order chi connectivity index (χ0) is 34.4. The molecule has 0 radical (unpaired) electrons. The third-order valence-corrected chi connectivity index (χ3v) is 12.0. The van der Waals surface area contributed by atoms with Crippen LogP contribution >= 0.6 is 11.3 Å². The van der Waals surface area contributed by atoms with Crippen molar-refractivity contribution >= 4 is 44.6 Å². The zero-order valence-electron chi connectivity index (χ0n) is 27.9. The third-order valence-electron chi connectivity index (χ3n) is 8.96. The van der Waals surface area contributed by atoms with Gasteiger partial charge in [-0.2, -0.15) is 0 Å². The first kappa shape index (κ1) is 34.6. The van der Waals surface area contributed by atoms with E-state index in [4.69, 9.17) is 9.47 Å². The van der Waals surface area contributed by atoms with Crippen molar-refractivity contribution in [2.24, 2.45) is 0 Å². The number of esters is 1. The van der Waals surface area contributed by atoms with Crippen LogP contribution in [0, 0.1) is 6.92 Å². The van der Waals surface area contributed by atoms with Crippen LogP contribution in [0.1, 0.15) is 56.0 Å². The fraction of sp³-hybridized carbons (Fsp3) is 0.351. The molecule has 2 aliphatic heterocycles. The van der Waals surface area contributed by atoms with Gasteiger partial charge in [0.25, 0.3) is 15.9 Å². The van der Waals surface area contributed by atoms with Gasteiger partial charge in [0.1, 0.15) is 4.90 Å². The number of hydrogen-bond donors (Lipinski definition) is 2. The average molecular weight is 703 g/mol. The Labute approximate surface area is 292 Å². The molecule has 2 fully saturated rings. The molecule has 3 heterocycles. The summed E-state index contributed by atoms with van der Waals surface area (Å²) in [6.45, 7) is 8.04. The Morgan fingerprint density at radius 1 is 0.857 bits per heavy atom. The molecule has 0 unspecified atom stereocenters. The number of benzene rings is 3. The van der Waals surface area contributed by atoms with E-state index in [1.807, 2.05) is 36.4 Å². The van der Waals surface area contributed by atoms with E-state index < -0.39 is 16.0 Å². The lowest BCUT2D eigenvalue weighted by Crippen LogP contribution is -2.36. The third kappa shape index (κ3) is 8.33. The van der Waals surface area contributed by atoms with E-state index in [0.717, 1.165) is 55.3 Å². The summed E-state index contributed by atoms with van der Waals surface area (Å²) in [6, 6.07) is 22.0. The minimum absolute atomic E-state index is 0.0425. The van der Waals surface area contributed by atoms with Gasteiger partial charge in [0.2, 0.25) is 0 Å². The van der Waals surface area contributed by atoms with Crippen molar-refractivity contribution in [1.29, 1.82) is 0 Å². The van der Waals surface area contributed by atoms with E-state index in [0.29, 0.717) is 46.2 Å². The molecule has 0 atom stereocenters. The summed E-state index contributed by atoms with van der Waals surface area (Å²) in [5.41, 5.74) is 4.87. The molecule has 1 amide bonds. The molecule has 0 bridgehead atoms. The maximum absolute atomic E-state index is 14.0. The molecule has 2 N–H and O–H groups in total. The predicted octanol–water partition coefficient (Wildman–Crippen LogP) is 6.06. The van der Waals surface area contributed by atoms with Gasteiger partial charge >= 0.3 is 5.97 Å². The lowest BCUT2D eigenvalue weighted by molar-refractivity contribution is 0.0600. The number of likely N-dealkylation sites (tertiary alicyclic amines) is 1. The number of morpholine rings is 1. The lowest BCUT2D eigenvalue weighted by Gasteiger charge is -2.28. The maximum Gasteiger partial charge on any atom is 0.337 e. The number of thiophene rings is 1. The van der Waals surface area contributed by atoms with Gasteiger partial charge < -0.3 is 19.7 Å². The van der Waals surface area contributed by atoms with Crippen molar-refractivity contribution < 1.29 is 27.5 Å². The number of amides is 1. The number of carbonyl (C=O) groups excluding carboxylic acids is 2. The van der Waals surface area contributed by atoms with Crippen molar-refractivity contribution in [3.63, 3.8) is 0 Å². The van der Waals surface area contributed by atoms with Gasteiger partial charge in [0.15, 0.2) is 0 Å². The molecule has 2 saturated heterocycles. The van der Waals surface area contributed by atoms with Crippen LogP contribution in [0.5, 0.6) is 0 Å². The summed E-state index contributed by atoms with van der Waals surface area (Å²) in [6.07, 6.45) is 3.80. The number of rotatable bonds is 11.